The first-order chi connectivity index (χ1) is 54.8. The van der Waals surface area contributed by atoms with Crippen LogP contribution in [-0.4, -0.2) is 248 Å². The number of carbonyl (C=O) groups excluding carboxylic acids is 16. The van der Waals surface area contributed by atoms with Gasteiger partial charge in [0.15, 0.2) is 5.78 Å². The minimum Gasteiger partial charge on any atom is -0.481 e. The van der Waals surface area contributed by atoms with Crippen LogP contribution in [0, 0.1) is 5.92 Å². The number of aliphatic hydroxyl groups is 1. The number of ketones is 1. The molecule has 1 aliphatic rings. The van der Waals surface area contributed by atoms with Crippen LogP contribution in [0.2, 0.25) is 0 Å². The lowest BCUT2D eigenvalue weighted by Gasteiger charge is -2.29. The third-order valence-corrected chi connectivity index (χ3v) is 17.9. The summed E-state index contributed by atoms with van der Waals surface area (Å²) in [5.41, 5.74) is 18.1. The lowest BCUT2D eigenvalue weighted by Crippen LogP contribution is -2.61. The number of amides is 14. The molecule has 636 valence electrons. The number of aromatic amines is 1. The summed E-state index contributed by atoms with van der Waals surface area (Å²) in [7, 11) is 0. The van der Waals surface area contributed by atoms with Crippen molar-refractivity contribution in [3.8, 4) is 0 Å². The standard InChI is InChI=1S/C73H103N17O26/c1-36(2)16-9-7-5-6-8-10-22-55(94)82-46(26-39-32-77-43-20-14-12-17-40(39)43)68(110)86-47(28-54(76)93)69(111)88-50(31-61(103)104)70(112)90-62-38(4)116-73(115)51(27-53(92)41-18-11-13-19-42(41)75)89-66(108)45(23-24-58(97)98)84-71(113)52(35-91)83-57(96)33-78-64(106)48(29-59(99)100)85-63(105)37(3)80-67(109)49(30-60(101)102)87-65(107)44(21-15-25-74)81-56(95)34-79-72(62)114/h11-14,17-20,32,36-38,44-52,62,77,91H,5-10,15-16,21-31,33-35,74-75H2,1-4H3,(H2,76,93)(H,78,106)(H,79,114)(H,80,109)(H,81,95)(H,82,94)(H,83,96)(H,84,113)(H,85,105)(H,86,110)(H,87,107)(H,88,111)(H,89,108)(H,90,112)(H,97,98)(H,99,100)(H,101,102)(H,103,104). The van der Waals surface area contributed by atoms with Crippen molar-refractivity contribution in [2.24, 2.45) is 17.4 Å². The molecule has 3 aromatic rings. The van der Waals surface area contributed by atoms with Gasteiger partial charge in [-0.2, -0.15) is 0 Å². The number of aromatic nitrogens is 1. The van der Waals surface area contributed by atoms with Crippen LogP contribution in [0.3, 0.4) is 0 Å². The van der Waals surface area contributed by atoms with Gasteiger partial charge in [-0.15, -0.1) is 0 Å². The number of aliphatic carboxylic acids is 4. The number of nitrogen functional groups attached to an aromatic ring is 1. The van der Waals surface area contributed by atoms with Crippen LogP contribution in [-0.2, 0) is 102 Å². The molecule has 0 aliphatic carbocycles. The van der Waals surface area contributed by atoms with E-state index < -0.39 is 262 Å². The molecule has 0 bridgehead atoms. The first-order valence-corrected chi connectivity index (χ1v) is 37.3. The largest absolute Gasteiger partial charge is 0.481 e. The van der Waals surface area contributed by atoms with Gasteiger partial charge in [0.1, 0.15) is 72.6 Å². The molecule has 12 unspecified atom stereocenters. The number of primary amides is 1. The summed E-state index contributed by atoms with van der Waals surface area (Å²) < 4.78 is 5.66. The number of fused-ring (bicyclic) bond motifs is 1. The van der Waals surface area contributed by atoms with E-state index in [2.05, 4.69) is 72.0 Å². The molecule has 116 heavy (non-hydrogen) atoms. The summed E-state index contributed by atoms with van der Waals surface area (Å²) in [6.45, 7) is 2.23. The van der Waals surface area contributed by atoms with Crippen LogP contribution < -0.4 is 86.3 Å². The van der Waals surface area contributed by atoms with Gasteiger partial charge in [0.25, 0.3) is 0 Å². The quantitative estimate of drug-likeness (QED) is 0.0112. The fourth-order valence-corrected chi connectivity index (χ4v) is 11.7. The number of carboxylic acid groups (broad SMARTS) is 4. The van der Waals surface area contributed by atoms with E-state index in [0.29, 0.717) is 35.2 Å². The Morgan fingerprint density at radius 3 is 1.65 bits per heavy atom. The SMILES string of the molecule is CC(C)CCCCCCCCC(=O)NC(Cc1c[nH]c2ccccc12)C(=O)NC(CC(N)=O)C(=O)NC(CC(=O)O)C(=O)NC1C(=O)NCC(=O)NC(CCCN)C(=O)NC(CC(=O)O)C(=O)NC(C)C(=O)NC(CC(=O)O)C(=O)NCC(=O)NC(CO)C(=O)NC(CCC(=O)O)C(=O)NC(CC(=O)c2ccccc2N)C(=O)OC1C. The van der Waals surface area contributed by atoms with E-state index in [1.165, 1.54) is 24.3 Å². The Kier molecular flexibility index (Phi) is 39.9. The molecule has 2 heterocycles. The summed E-state index contributed by atoms with van der Waals surface area (Å²) in [6, 6.07) is -10.5. The third kappa shape index (κ3) is 33.5. The number of ether oxygens (including phenoxy) is 1. The Morgan fingerprint density at radius 1 is 0.526 bits per heavy atom. The van der Waals surface area contributed by atoms with Crippen LogP contribution in [0.15, 0.2) is 54.7 Å². The highest BCUT2D eigenvalue weighted by Crippen LogP contribution is 2.21. The molecule has 1 fully saturated rings. The van der Waals surface area contributed by atoms with E-state index in [1.807, 2.05) is 16.0 Å². The molecular weight excluding hydrogens is 1530 g/mol. The summed E-state index contributed by atoms with van der Waals surface area (Å²) in [5.74, 6) is -27.6. The minimum absolute atomic E-state index is 0.0197. The Balaban J connectivity index is 1.85. The van der Waals surface area contributed by atoms with Crippen molar-refractivity contribution in [2.45, 2.75) is 216 Å². The molecule has 1 aliphatic heterocycles. The fraction of sp³-hybridized carbons (Fsp3) is 0.534. The van der Waals surface area contributed by atoms with Gasteiger partial charge in [0.05, 0.1) is 45.4 Å². The summed E-state index contributed by atoms with van der Waals surface area (Å²) in [4.78, 5) is 275. The number of hydrogen-bond acceptors (Lipinski definition) is 24. The molecule has 1 saturated heterocycles. The van der Waals surface area contributed by atoms with Crippen LogP contribution in [0.5, 0.6) is 0 Å². The predicted molar refractivity (Wildman–Crippen MR) is 405 cm³/mol. The van der Waals surface area contributed by atoms with Crippen molar-refractivity contribution in [1.82, 2.24) is 74.1 Å². The molecule has 2 aromatic carbocycles. The van der Waals surface area contributed by atoms with Gasteiger partial charge in [-0.05, 0) is 75.8 Å². The Morgan fingerprint density at radius 2 is 1.05 bits per heavy atom. The van der Waals surface area contributed by atoms with E-state index in [9.17, 15) is 121 Å². The maximum atomic E-state index is 14.8. The monoisotopic (exact) mass is 1630 g/mol. The molecule has 43 nitrogen and oxygen atoms in total. The van der Waals surface area contributed by atoms with Crippen molar-refractivity contribution in [1.29, 1.82) is 0 Å². The van der Waals surface area contributed by atoms with Crippen molar-refractivity contribution in [3.63, 3.8) is 0 Å². The van der Waals surface area contributed by atoms with Crippen LogP contribution in [0.4, 0.5) is 5.69 Å². The summed E-state index contributed by atoms with van der Waals surface area (Å²) >= 11 is 0. The van der Waals surface area contributed by atoms with E-state index in [4.69, 9.17) is 21.9 Å². The topological polar surface area (TPSA) is 702 Å². The van der Waals surface area contributed by atoms with E-state index >= 15 is 0 Å². The number of esters is 1. The number of carboxylic acids is 4. The van der Waals surface area contributed by atoms with Gasteiger partial charge >= 0.3 is 29.8 Å². The molecule has 1 aromatic heterocycles. The van der Waals surface area contributed by atoms with Crippen molar-refractivity contribution in [2.75, 3.05) is 32.0 Å². The molecule has 0 radical (unpaired) electrons. The molecule has 0 spiro atoms. The van der Waals surface area contributed by atoms with E-state index in [0.717, 1.165) is 46.0 Å². The number of carbonyl (C=O) groups is 20. The number of benzene rings is 2. The number of rotatable bonds is 36. The highest BCUT2D eigenvalue weighted by molar-refractivity contribution is 6.05. The van der Waals surface area contributed by atoms with E-state index in [1.54, 1.807) is 30.5 Å². The van der Waals surface area contributed by atoms with Crippen LogP contribution in [0.25, 0.3) is 10.9 Å². The van der Waals surface area contributed by atoms with Crippen molar-refractivity contribution in [3.05, 3.63) is 65.9 Å². The Labute approximate surface area is 663 Å². The lowest BCUT2D eigenvalue weighted by molar-refractivity contribution is -0.156. The number of aliphatic hydroxyl groups excluding tert-OH is 1. The molecule has 4 rings (SSSR count). The maximum absolute atomic E-state index is 14.8. The normalized spacial score (nSPS) is 20.9. The number of nitrogens with two attached hydrogens (primary N) is 3. The van der Waals surface area contributed by atoms with Gasteiger partial charge in [-0.3, -0.25) is 91.1 Å². The highest BCUT2D eigenvalue weighted by atomic mass is 16.5. The van der Waals surface area contributed by atoms with Crippen LogP contribution >= 0.6 is 0 Å². The zero-order valence-electron chi connectivity index (χ0n) is 64.3. The number of anilines is 1. The molecule has 14 amide bonds. The van der Waals surface area contributed by atoms with Gasteiger partial charge in [0.2, 0.25) is 82.7 Å². The number of cyclic esters (lactones) is 1. The smallest absolute Gasteiger partial charge is 0.329 e. The van der Waals surface area contributed by atoms with Crippen molar-refractivity contribution >= 4 is 135 Å². The Hall–Kier alpha value is -12.7. The maximum Gasteiger partial charge on any atom is 0.329 e. The van der Waals surface area contributed by atoms with E-state index in [-0.39, 0.29) is 37.1 Å². The molecule has 12 atom stereocenters. The van der Waals surface area contributed by atoms with Crippen LogP contribution in [0.1, 0.15) is 153 Å². The summed E-state index contributed by atoms with van der Waals surface area (Å²) in [6.07, 6.45) is -3.11. The van der Waals surface area contributed by atoms with Gasteiger partial charge in [0, 0.05) is 54.0 Å². The zero-order valence-corrected chi connectivity index (χ0v) is 64.3. The zero-order chi connectivity index (χ0) is 86.5. The van der Waals surface area contributed by atoms with Gasteiger partial charge < -0.3 is 122 Å². The average molecular weight is 1630 g/mol. The second kappa shape index (κ2) is 48.4. The Bertz CT molecular complexity index is 4060. The lowest BCUT2D eigenvalue weighted by atomic mass is 10.0. The first-order valence-electron chi connectivity index (χ1n) is 37.3. The number of Topliss-reactive ketones (excluding diaryl/α,β-unsaturated/α-hetero) is 1. The number of hydrogen-bond donors (Lipinski definition) is 22. The predicted octanol–water partition coefficient (Wildman–Crippen LogP) is -5.23. The van der Waals surface area contributed by atoms with Gasteiger partial charge in [-0.1, -0.05) is 82.7 Å². The number of H-pyrrole nitrogens is 1. The molecule has 25 N–H and O–H groups in total. The second-order valence-corrected chi connectivity index (χ2v) is 27.9. The number of para-hydroxylation sites is 2. The first kappa shape index (κ1) is 95.7. The summed E-state index contributed by atoms with van der Waals surface area (Å²) in [5, 5.41) is 78.3. The fourth-order valence-electron chi connectivity index (χ4n) is 11.7. The molecule has 0 saturated carbocycles. The molecule has 43 heteroatoms. The van der Waals surface area contributed by atoms with Crippen molar-refractivity contribution < 1.29 is 126 Å². The number of unbranched alkanes of at least 4 members (excludes halogenated alkanes) is 5. The van der Waals surface area contributed by atoms with Gasteiger partial charge in [-0.25, -0.2) is 4.79 Å². The number of nitrogens with one attached hydrogen (secondary N) is 14. The molecular formula is C73H103N17O26. The average Bonchev–Trinajstić information content (AvgIpc) is 1.59. The minimum atomic E-state index is -2.45. The third-order valence-electron chi connectivity index (χ3n) is 17.9. The highest BCUT2D eigenvalue weighted by Gasteiger charge is 2.40. The second-order valence-electron chi connectivity index (χ2n) is 27.9.